The lowest BCUT2D eigenvalue weighted by molar-refractivity contribution is -0.144. The van der Waals surface area contributed by atoms with E-state index in [9.17, 15) is 14.4 Å². The molecule has 0 aliphatic heterocycles. The first-order valence-electron chi connectivity index (χ1n) is 10.4. The van der Waals surface area contributed by atoms with Gasteiger partial charge in [0.05, 0.1) is 14.2 Å². The van der Waals surface area contributed by atoms with Crippen LogP contribution in [0.5, 0.6) is 5.75 Å². The fourth-order valence-electron chi connectivity index (χ4n) is 2.93. The molecule has 3 rings (SSSR count). The van der Waals surface area contributed by atoms with Crippen molar-refractivity contribution in [1.82, 2.24) is 15.5 Å². The third-order valence-corrected chi connectivity index (χ3v) is 4.78. The molecule has 3 aromatic rings. The number of nitrogens with zero attached hydrogens (tertiary/aromatic N) is 2. The van der Waals surface area contributed by atoms with E-state index >= 15 is 0 Å². The first-order valence-corrected chi connectivity index (χ1v) is 10.4. The average Bonchev–Trinajstić information content (AvgIpc) is 3.33. The number of amides is 3. The molecule has 3 N–H and O–H groups in total. The lowest BCUT2D eigenvalue weighted by atomic mass is 10.0. The van der Waals surface area contributed by atoms with Gasteiger partial charge < -0.3 is 29.9 Å². The molecular weight excluding hydrogens is 442 g/mol. The van der Waals surface area contributed by atoms with Crippen LogP contribution in [0.2, 0.25) is 0 Å². The summed E-state index contributed by atoms with van der Waals surface area (Å²) in [4.78, 5) is 40.5. The Labute approximate surface area is 195 Å². The maximum atomic E-state index is 12.4. The number of aromatic nitrogens is 2. The van der Waals surface area contributed by atoms with Crippen molar-refractivity contribution in [3.05, 3.63) is 54.4 Å². The number of carbonyl (C=O) groups excluding carboxylic acids is 3. The maximum Gasteiger partial charge on any atom is 0.328 e. The highest BCUT2D eigenvalue weighted by Gasteiger charge is 2.27. The van der Waals surface area contributed by atoms with Crippen LogP contribution in [0, 0.1) is 5.92 Å². The fraction of sp³-hybridized carbons (Fsp3) is 0.261. The molecule has 0 aliphatic rings. The van der Waals surface area contributed by atoms with E-state index in [1.54, 1.807) is 69.5 Å². The summed E-state index contributed by atoms with van der Waals surface area (Å²) in [5.74, 6) is -0.865. The minimum absolute atomic E-state index is 0.179. The van der Waals surface area contributed by atoms with Gasteiger partial charge >= 0.3 is 23.8 Å². The lowest BCUT2D eigenvalue weighted by Crippen LogP contribution is -2.45. The molecule has 0 spiro atoms. The summed E-state index contributed by atoms with van der Waals surface area (Å²) >= 11 is 0. The van der Waals surface area contributed by atoms with Gasteiger partial charge in [0.1, 0.15) is 11.8 Å². The zero-order chi connectivity index (χ0) is 24.7. The molecule has 0 bridgehead atoms. The van der Waals surface area contributed by atoms with Crippen molar-refractivity contribution in [3.63, 3.8) is 0 Å². The number of rotatable bonds is 8. The normalized spacial score (nSPS) is 11.4. The number of methoxy groups -OCH3 is 2. The van der Waals surface area contributed by atoms with Crippen LogP contribution >= 0.6 is 0 Å². The minimum atomic E-state index is -0.845. The van der Waals surface area contributed by atoms with Crippen LogP contribution in [-0.2, 0) is 9.53 Å². The molecule has 0 saturated heterocycles. The summed E-state index contributed by atoms with van der Waals surface area (Å²) in [6, 6.07) is 12.3. The van der Waals surface area contributed by atoms with Crippen molar-refractivity contribution >= 4 is 29.3 Å². The third-order valence-electron chi connectivity index (χ3n) is 4.78. The average molecular weight is 467 g/mol. The summed E-state index contributed by atoms with van der Waals surface area (Å²) in [6.45, 7) is 3.54. The van der Waals surface area contributed by atoms with Crippen LogP contribution in [0.25, 0.3) is 11.4 Å². The van der Waals surface area contributed by atoms with Gasteiger partial charge in [0.2, 0.25) is 5.82 Å². The number of benzene rings is 2. The molecule has 1 atom stereocenters. The highest BCUT2D eigenvalue weighted by molar-refractivity contribution is 5.99. The molecule has 11 heteroatoms. The number of carbonyl (C=O) groups is 3. The van der Waals surface area contributed by atoms with Gasteiger partial charge in [-0.25, -0.2) is 9.59 Å². The number of urea groups is 1. The van der Waals surface area contributed by atoms with Gasteiger partial charge in [-0.05, 0) is 54.4 Å². The number of hydrogen-bond donors (Lipinski definition) is 3. The standard InChI is InChI=1S/C23H25N5O6/c1-13(2)18(22(30)33-4)26-20(29)21-27-19(28-34-21)14-5-7-15(8-6-14)24-23(31)25-16-9-11-17(32-3)12-10-16/h5-13,18H,1-4H3,(H,26,29)(H2,24,25,31)/t18-/m0/s1. The Morgan fingerprint density at radius 1 is 0.912 bits per heavy atom. The van der Waals surface area contributed by atoms with Crippen LogP contribution in [-0.4, -0.2) is 48.3 Å². The number of nitrogens with one attached hydrogen (secondary N) is 3. The molecule has 3 amide bonds. The Hall–Kier alpha value is -4.41. The second-order valence-electron chi connectivity index (χ2n) is 7.53. The Bertz CT molecular complexity index is 1140. The van der Waals surface area contributed by atoms with Crippen molar-refractivity contribution in [2.45, 2.75) is 19.9 Å². The zero-order valence-electron chi connectivity index (χ0n) is 19.1. The molecule has 1 heterocycles. The Balaban J connectivity index is 1.61. The van der Waals surface area contributed by atoms with Crippen LogP contribution in [0.4, 0.5) is 16.2 Å². The predicted octanol–water partition coefficient (Wildman–Crippen LogP) is 3.32. The van der Waals surface area contributed by atoms with Gasteiger partial charge in [0, 0.05) is 16.9 Å². The Kier molecular flexibility index (Phi) is 7.80. The van der Waals surface area contributed by atoms with E-state index < -0.39 is 23.9 Å². The van der Waals surface area contributed by atoms with Crippen molar-refractivity contribution in [2.24, 2.45) is 5.92 Å². The topological polar surface area (TPSA) is 145 Å². The molecule has 2 aromatic carbocycles. The van der Waals surface area contributed by atoms with Crippen LogP contribution in [0.3, 0.4) is 0 Å². The first-order chi connectivity index (χ1) is 16.3. The monoisotopic (exact) mass is 467 g/mol. The first kappa shape index (κ1) is 24.2. The van der Waals surface area contributed by atoms with E-state index in [-0.39, 0.29) is 17.6 Å². The summed E-state index contributed by atoms with van der Waals surface area (Å²) in [5.41, 5.74) is 1.71. The van der Waals surface area contributed by atoms with Gasteiger partial charge in [-0.3, -0.25) is 4.79 Å². The minimum Gasteiger partial charge on any atom is -0.497 e. The van der Waals surface area contributed by atoms with Gasteiger partial charge in [-0.15, -0.1) is 0 Å². The molecular formula is C23H25N5O6. The summed E-state index contributed by atoms with van der Waals surface area (Å²) < 4.78 is 14.8. The van der Waals surface area contributed by atoms with Crippen LogP contribution in [0.1, 0.15) is 24.5 Å². The molecule has 34 heavy (non-hydrogen) atoms. The van der Waals surface area contributed by atoms with E-state index in [4.69, 9.17) is 14.0 Å². The lowest BCUT2D eigenvalue weighted by Gasteiger charge is -2.18. The van der Waals surface area contributed by atoms with E-state index in [0.717, 1.165) is 0 Å². The molecule has 0 radical (unpaired) electrons. The number of hydrogen-bond acceptors (Lipinski definition) is 8. The maximum absolute atomic E-state index is 12.4. The molecule has 178 valence electrons. The van der Waals surface area contributed by atoms with Gasteiger partial charge in [-0.2, -0.15) is 4.98 Å². The van der Waals surface area contributed by atoms with Gasteiger partial charge in [-0.1, -0.05) is 19.0 Å². The summed E-state index contributed by atoms with van der Waals surface area (Å²) in [7, 11) is 2.81. The molecule has 1 aromatic heterocycles. The predicted molar refractivity (Wildman–Crippen MR) is 123 cm³/mol. The summed E-state index contributed by atoms with van der Waals surface area (Å²) in [6.07, 6.45) is 0. The van der Waals surface area contributed by atoms with Crippen molar-refractivity contribution in [2.75, 3.05) is 24.9 Å². The van der Waals surface area contributed by atoms with Crippen molar-refractivity contribution < 1.29 is 28.4 Å². The molecule has 0 unspecified atom stereocenters. The Morgan fingerprint density at radius 3 is 2.03 bits per heavy atom. The highest BCUT2D eigenvalue weighted by Crippen LogP contribution is 2.20. The molecule has 11 nitrogen and oxygen atoms in total. The molecule has 0 saturated carbocycles. The largest absolute Gasteiger partial charge is 0.497 e. The SMILES string of the molecule is COC(=O)[C@@H](NC(=O)c1nc(-c2ccc(NC(=O)Nc3ccc(OC)cc3)cc2)no1)C(C)C. The van der Waals surface area contributed by atoms with Crippen molar-refractivity contribution in [3.8, 4) is 17.1 Å². The highest BCUT2D eigenvalue weighted by atomic mass is 16.5. The van der Waals surface area contributed by atoms with Crippen LogP contribution < -0.4 is 20.7 Å². The second kappa shape index (κ2) is 10.9. The van der Waals surface area contributed by atoms with Crippen molar-refractivity contribution in [1.29, 1.82) is 0 Å². The number of esters is 1. The Morgan fingerprint density at radius 2 is 1.50 bits per heavy atom. The summed E-state index contributed by atoms with van der Waals surface area (Å²) in [5, 5.41) is 11.8. The number of anilines is 2. The second-order valence-corrected chi connectivity index (χ2v) is 7.53. The van der Waals surface area contributed by atoms with E-state index in [1.807, 2.05) is 0 Å². The van der Waals surface area contributed by atoms with Gasteiger partial charge in [0.15, 0.2) is 0 Å². The molecule has 0 fully saturated rings. The smallest absolute Gasteiger partial charge is 0.328 e. The number of ether oxygens (including phenoxy) is 2. The quantitative estimate of drug-likeness (QED) is 0.428. The van der Waals surface area contributed by atoms with E-state index in [2.05, 4.69) is 26.1 Å². The van der Waals surface area contributed by atoms with E-state index in [1.165, 1.54) is 7.11 Å². The molecule has 0 aliphatic carbocycles. The van der Waals surface area contributed by atoms with Gasteiger partial charge in [0.25, 0.3) is 0 Å². The van der Waals surface area contributed by atoms with Crippen LogP contribution in [0.15, 0.2) is 53.1 Å². The fourth-order valence-corrected chi connectivity index (χ4v) is 2.93. The zero-order valence-corrected chi connectivity index (χ0v) is 19.1. The third kappa shape index (κ3) is 6.09. The van der Waals surface area contributed by atoms with E-state index in [0.29, 0.717) is 22.7 Å².